The van der Waals surface area contributed by atoms with E-state index in [1.165, 1.54) is 82.8 Å². The molecule has 42 heavy (non-hydrogen) atoms. The molecule has 0 aliphatic heterocycles. The van der Waals surface area contributed by atoms with Crippen molar-refractivity contribution in [1.82, 2.24) is 4.57 Å². The largest absolute Gasteiger partial charge is 0.309 e. The lowest BCUT2D eigenvalue weighted by molar-refractivity contribution is 1.18. The van der Waals surface area contributed by atoms with Crippen molar-refractivity contribution in [3.8, 4) is 27.9 Å². The van der Waals surface area contributed by atoms with Crippen LogP contribution in [0.15, 0.2) is 133 Å². The van der Waals surface area contributed by atoms with E-state index in [-0.39, 0.29) is 0 Å². The van der Waals surface area contributed by atoms with Gasteiger partial charge in [0, 0.05) is 16.5 Å². The molecule has 6 aromatic carbocycles. The SMILES string of the molecule is Cc1ccccc1-c1cc(-c2ccc3c(c2)c2c4cccc5c4c(cc2n3-c2ccccc2)/C=C\C=C/C5)ccc1C. The molecule has 1 nitrogen and oxygen atoms in total. The molecule has 200 valence electrons. The van der Waals surface area contributed by atoms with Crippen LogP contribution in [0.1, 0.15) is 22.3 Å². The summed E-state index contributed by atoms with van der Waals surface area (Å²) in [6, 6.07) is 42.6. The maximum atomic E-state index is 2.44. The Labute approximate surface area is 246 Å². The second-order valence-electron chi connectivity index (χ2n) is 11.4. The molecular weight excluding hydrogens is 506 g/mol. The molecule has 0 bridgehead atoms. The van der Waals surface area contributed by atoms with Gasteiger partial charge in [0.25, 0.3) is 0 Å². The topological polar surface area (TPSA) is 4.93 Å². The fourth-order valence-electron chi connectivity index (χ4n) is 6.84. The van der Waals surface area contributed by atoms with Crippen LogP contribution in [-0.4, -0.2) is 4.57 Å². The molecule has 0 unspecified atom stereocenters. The minimum absolute atomic E-state index is 0.938. The molecule has 1 heterocycles. The van der Waals surface area contributed by atoms with Gasteiger partial charge in [-0.15, -0.1) is 0 Å². The fraction of sp³-hybridized carbons (Fsp3) is 0.0732. The Morgan fingerprint density at radius 1 is 0.548 bits per heavy atom. The zero-order chi connectivity index (χ0) is 28.2. The van der Waals surface area contributed by atoms with Gasteiger partial charge in [0.15, 0.2) is 0 Å². The molecule has 8 rings (SSSR count). The number of benzene rings is 6. The van der Waals surface area contributed by atoms with Gasteiger partial charge in [-0.25, -0.2) is 0 Å². The molecule has 0 saturated carbocycles. The lowest BCUT2D eigenvalue weighted by Crippen LogP contribution is -1.95. The number of nitrogens with zero attached hydrogens (tertiary/aromatic N) is 1. The van der Waals surface area contributed by atoms with Gasteiger partial charge in [0.05, 0.1) is 11.0 Å². The number of aromatic nitrogens is 1. The van der Waals surface area contributed by atoms with E-state index < -0.39 is 0 Å². The van der Waals surface area contributed by atoms with Crippen LogP contribution in [0.2, 0.25) is 0 Å². The molecule has 0 atom stereocenters. The third kappa shape index (κ3) is 3.85. The van der Waals surface area contributed by atoms with Crippen molar-refractivity contribution >= 4 is 38.7 Å². The molecule has 0 fully saturated rings. The highest BCUT2D eigenvalue weighted by atomic mass is 15.0. The predicted octanol–water partition coefficient (Wildman–Crippen LogP) is 11.0. The van der Waals surface area contributed by atoms with Crippen LogP contribution in [0.3, 0.4) is 0 Å². The van der Waals surface area contributed by atoms with Gasteiger partial charge in [0.1, 0.15) is 0 Å². The Balaban J connectivity index is 1.45. The summed E-state index contributed by atoms with van der Waals surface area (Å²) < 4.78 is 2.44. The average Bonchev–Trinajstić information content (AvgIpc) is 3.34. The summed E-state index contributed by atoms with van der Waals surface area (Å²) in [5.41, 5.74) is 14.0. The third-order valence-corrected chi connectivity index (χ3v) is 8.89. The molecular formula is C41H31N. The molecule has 1 aliphatic rings. The molecule has 1 heteroatoms. The number of aryl methyl sites for hydroxylation is 2. The van der Waals surface area contributed by atoms with Gasteiger partial charge < -0.3 is 4.57 Å². The summed E-state index contributed by atoms with van der Waals surface area (Å²) in [6.07, 6.45) is 9.80. The standard InChI is InChI=1S/C41H31N/c1-27-12-9-10-18-34(27)36-24-30(21-20-28(36)2)31-22-23-38-37(25-31)41-35-19-11-15-29-13-5-3-6-14-32(40(29)35)26-39(41)42(38)33-16-7-4-8-17-33/h3-12,14-26H,13H2,1-2H3/b5-3-,14-6-. The highest BCUT2D eigenvalue weighted by Gasteiger charge is 2.19. The molecule has 0 N–H and O–H groups in total. The molecule has 1 aromatic heterocycles. The quantitative estimate of drug-likeness (QED) is 0.211. The summed E-state index contributed by atoms with van der Waals surface area (Å²) in [5, 5.41) is 5.29. The van der Waals surface area contributed by atoms with Crippen LogP contribution in [0.4, 0.5) is 0 Å². The molecule has 0 spiro atoms. The maximum absolute atomic E-state index is 2.44. The summed E-state index contributed by atoms with van der Waals surface area (Å²) in [5.74, 6) is 0. The van der Waals surface area contributed by atoms with Crippen molar-refractivity contribution in [2.75, 3.05) is 0 Å². The van der Waals surface area contributed by atoms with E-state index in [1.807, 2.05) is 0 Å². The number of rotatable bonds is 3. The monoisotopic (exact) mass is 537 g/mol. The van der Waals surface area contributed by atoms with Crippen molar-refractivity contribution in [3.63, 3.8) is 0 Å². The van der Waals surface area contributed by atoms with Crippen molar-refractivity contribution in [2.45, 2.75) is 20.3 Å². The number of allylic oxidation sites excluding steroid dienone is 3. The molecule has 0 amide bonds. The van der Waals surface area contributed by atoms with Gasteiger partial charge in [-0.3, -0.25) is 0 Å². The van der Waals surface area contributed by atoms with E-state index in [1.54, 1.807) is 0 Å². The second-order valence-corrected chi connectivity index (χ2v) is 11.4. The number of fused-ring (bicyclic) bond motifs is 4. The van der Waals surface area contributed by atoms with Gasteiger partial charge in [-0.05, 0) is 112 Å². The molecule has 0 radical (unpaired) electrons. The van der Waals surface area contributed by atoms with Gasteiger partial charge in [-0.1, -0.05) is 103 Å². The minimum Gasteiger partial charge on any atom is -0.309 e. The highest BCUT2D eigenvalue weighted by molar-refractivity contribution is 6.24. The van der Waals surface area contributed by atoms with Crippen LogP contribution in [-0.2, 0) is 6.42 Å². The summed E-state index contributed by atoms with van der Waals surface area (Å²) >= 11 is 0. The third-order valence-electron chi connectivity index (χ3n) is 8.89. The predicted molar refractivity (Wildman–Crippen MR) is 181 cm³/mol. The van der Waals surface area contributed by atoms with Gasteiger partial charge in [0.2, 0.25) is 0 Å². The Morgan fingerprint density at radius 2 is 1.33 bits per heavy atom. The van der Waals surface area contributed by atoms with Crippen molar-refractivity contribution < 1.29 is 0 Å². The van der Waals surface area contributed by atoms with Gasteiger partial charge >= 0.3 is 0 Å². The fourth-order valence-corrected chi connectivity index (χ4v) is 6.84. The smallest absolute Gasteiger partial charge is 0.0553 e. The molecule has 0 saturated heterocycles. The van der Waals surface area contributed by atoms with Gasteiger partial charge in [-0.2, -0.15) is 0 Å². The van der Waals surface area contributed by atoms with Crippen molar-refractivity contribution in [3.05, 3.63) is 156 Å². The first-order chi connectivity index (χ1) is 20.7. The Morgan fingerprint density at radius 3 is 2.21 bits per heavy atom. The van der Waals surface area contributed by atoms with E-state index in [0.29, 0.717) is 0 Å². The maximum Gasteiger partial charge on any atom is 0.0553 e. The number of hydrogen-bond donors (Lipinski definition) is 0. The Bertz CT molecular complexity index is 2220. The van der Waals surface area contributed by atoms with E-state index >= 15 is 0 Å². The zero-order valence-electron chi connectivity index (χ0n) is 23.9. The van der Waals surface area contributed by atoms with Crippen LogP contribution < -0.4 is 0 Å². The van der Waals surface area contributed by atoms with E-state index in [4.69, 9.17) is 0 Å². The average molecular weight is 538 g/mol. The zero-order valence-corrected chi connectivity index (χ0v) is 23.9. The molecule has 7 aromatic rings. The first-order valence-corrected chi connectivity index (χ1v) is 14.8. The van der Waals surface area contributed by atoms with Crippen molar-refractivity contribution in [1.29, 1.82) is 0 Å². The number of hydrogen-bond acceptors (Lipinski definition) is 0. The van der Waals surface area contributed by atoms with Crippen LogP contribution in [0.25, 0.3) is 66.6 Å². The first kappa shape index (κ1) is 24.6. The van der Waals surface area contributed by atoms with E-state index in [0.717, 1.165) is 6.42 Å². The highest BCUT2D eigenvalue weighted by Crippen LogP contribution is 2.42. The Kier molecular flexibility index (Phi) is 5.72. The van der Waals surface area contributed by atoms with E-state index in [2.05, 4.69) is 158 Å². The van der Waals surface area contributed by atoms with Crippen LogP contribution >= 0.6 is 0 Å². The number of para-hydroxylation sites is 1. The van der Waals surface area contributed by atoms with Crippen LogP contribution in [0.5, 0.6) is 0 Å². The lowest BCUT2D eigenvalue weighted by atomic mass is 9.91. The molecule has 1 aliphatic carbocycles. The summed E-state index contributed by atoms with van der Waals surface area (Å²) in [4.78, 5) is 0. The summed E-state index contributed by atoms with van der Waals surface area (Å²) in [6.45, 7) is 4.41. The first-order valence-electron chi connectivity index (χ1n) is 14.8. The Hall–Kier alpha value is -5.14. The lowest BCUT2D eigenvalue weighted by Gasteiger charge is -2.13. The normalized spacial score (nSPS) is 14.2. The van der Waals surface area contributed by atoms with Crippen molar-refractivity contribution in [2.24, 2.45) is 0 Å². The second kappa shape index (κ2) is 9.75. The minimum atomic E-state index is 0.938. The van der Waals surface area contributed by atoms with E-state index in [9.17, 15) is 0 Å². The van der Waals surface area contributed by atoms with Crippen LogP contribution in [0, 0.1) is 13.8 Å². The summed E-state index contributed by atoms with van der Waals surface area (Å²) in [7, 11) is 0.